The highest BCUT2D eigenvalue weighted by Crippen LogP contribution is 2.16. The van der Waals surface area contributed by atoms with Gasteiger partial charge in [-0.3, -0.25) is 4.79 Å². The molecule has 90 valence electrons. The van der Waals surface area contributed by atoms with E-state index >= 15 is 0 Å². The van der Waals surface area contributed by atoms with Crippen molar-refractivity contribution < 1.29 is 4.79 Å². The maximum Gasteiger partial charge on any atom is 0.221 e. The molecule has 0 aliphatic rings. The van der Waals surface area contributed by atoms with Crippen LogP contribution in [0.5, 0.6) is 0 Å². The maximum atomic E-state index is 11.2. The normalized spacial score (nSPS) is 9.41. The minimum Gasteiger partial charge on any atom is -0.398 e. The Bertz CT molecular complexity index is 437. The molecule has 1 amide bonds. The summed E-state index contributed by atoms with van der Waals surface area (Å²) in [4.78, 5) is 11.2. The standard InChI is InChI=1S/C12H16N4O/c1-2-15-12(17)5-6-16-10-3-4-11(14)9(7-10)8-13/h3-4,7,16H,2,5-6,14H2,1H3,(H,15,17). The zero-order valence-corrected chi connectivity index (χ0v) is 9.79. The van der Waals surface area contributed by atoms with Gasteiger partial charge in [-0.05, 0) is 25.1 Å². The Hall–Kier alpha value is -2.22. The predicted octanol–water partition coefficient (Wildman–Crippen LogP) is 1.08. The van der Waals surface area contributed by atoms with Crippen molar-refractivity contribution >= 4 is 17.3 Å². The van der Waals surface area contributed by atoms with Crippen molar-refractivity contribution in [1.82, 2.24) is 5.32 Å². The maximum absolute atomic E-state index is 11.2. The minimum atomic E-state index is 0.0101. The van der Waals surface area contributed by atoms with E-state index in [1.807, 2.05) is 13.0 Å². The summed E-state index contributed by atoms with van der Waals surface area (Å²) < 4.78 is 0. The highest BCUT2D eigenvalue weighted by atomic mass is 16.1. The first-order valence-corrected chi connectivity index (χ1v) is 5.47. The number of nitrogens with two attached hydrogens (primary N) is 1. The van der Waals surface area contributed by atoms with Crippen LogP contribution < -0.4 is 16.4 Å². The van der Waals surface area contributed by atoms with Crippen LogP contribution >= 0.6 is 0 Å². The summed E-state index contributed by atoms with van der Waals surface area (Å²) in [6, 6.07) is 7.14. The van der Waals surface area contributed by atoms with Crippen LogP contribution in [-0.4, -0.2) is 19.0 Å². The number of nitrogens with zero attached hydrogens (tertiary/aromatic N) is 1. The van der Waals surface area contributed by atoms with E-state index in [-0.39, 0.29) is 5.91 Å². The van der Waals surface area contributed by atoms with Crippen molar-refractivity contribution in [1.29, 1.82) is 5.26 Å². The second-order valence-corrected chi connectivity index (χ2v) is 3.54. The topological polar surface area (TPSA) is 90.9 Å². The molecule has 0 radical (unpaired) electrons. The van der Waals surface area contributed by atoms with Gasteiger partial charge in [0.1, 0.15) is 6.07 Å². The summed E-state index contributed by atoms with van der Waals surface area (Å²) >= 11 is 0. The highest BCUT2D eigenvalue weighted by Gasteiger charge is 2.01. The molecular weight excluding hydrogens is 216 g/mol. The van der Waals surface area contributed by atoms with E-state index in [4.69, 9.17) is 11.0 Å². The van der Waals surface area contributed by atoms with E-state index in [2.05, 4.69) is 10.6 Å². The minimum absolute atomic E-state index is 0.0101. The largest absolute Gasteiger partial charge is 0.398 e. The molecular formula is C12H16N4O. The van der Waals surface area contributed by atoms with Crippen LogP contribution in [0.3, 0.4) is 0 Å². The molecule has 4 N–H and O–H groups in total. The smallest absolute Gasteiger partial charge is 0.221 e. The molecule has 0 aliphatic heterocycles. The average Bonchev–Trinajstić information content (AvgIpc) is 2.31. The molecule has 1 rings (SSSR count). The Kier molecular flexibility index (Phi) is 4.82. The number of hydrogen-bond acceptors (Lipinski definition) is 4. The van der Waals surface area contributed by atoms with Gasteiger partial charge >= 0.3 is 0 Å². The van der Waals surface area contributed by atoms with Gasteiger partial charge in [-0.2, -0.15) is 5.26 Å². The Morgan fingerprint density at radius 3 is 2.94 bits per heavy atom. The number of nitrogen functional groups attached to an aromatic ring is 1. The lowest BCUT2D eigenvalue weighted by Gasteiger charge is -2.07. The number of nitriles is 1. The zero-order valence-electron chi connectivity index (χ0n) is 9.79. The number of anilines is 2. The van der Waals surface area contributed by atoms with Crippen LogP contribution in [-0.2, 0) is 4.79 Å². The number of benzene rings is 1. The van der Waals surface area contributed by atoms with E-state index in [0.717, 1.165) is 5.69 Å². The Morgan fingerprint density at radius 2 is 2.29 bits per heavy atom. The van der Waals surface area contributed by atoms with Crippen molar-refractivity contribution in [3.8, 4) is 6.07 Å². The molecule has 5 heteroatoms. The van der Waals surface area contributed by atoms with E-state index < -0.39 is 0 Å². The molecule has 0 fully saturated rings. The number of amides is 1. The van der Waals surface area contributed by atoms with Gasteiger partial charge < -0.3 is 16.4 Å². The van der Waals surface area contributed by atoms with Crippen LogP contribution in [0.2, 0.25) is 0 Å². The Morgan fingerprint density at radius 1 is 1.53 bits per heavy atom. The quantitative estimate of drug-likeness (QED) is 0.662. The predicted molar refractivity (Wildman–Crippen MR) is 67.4 cm³/mol. The third kappa shape index (κ3) is 4.03. The first kappa shape index (κ1) is 12.8. The van der Waals surface area contributed by atoms with Crippen LogP contribution in [0.15, 0.2) is 18.2 Å². The van der Waals surface area contributed by atoms with Gasteiger partial charge in [-0.25, -0.2) is 0 Å². The third-order valence-electron chi connectivity index (χ3n) is 2.23. The van der Waals surface area contributed by atoms with Crippen LogP contribution in [0.1, 0.15) is 18.9 Å². The molecule has 17 heavy (non-hydrogen) atoms. The van der Waals surface area contributed by atoms with Gasteiger partial charge in [-0.1, -0.05) is 0 Å². The molecule has 0 unspecified atom stereocenters. The molecule has 0 atom stereocenters. The molecule has 0 bridgehead atoms. The average molecular weight is 232 g/mol. The van der Waals surface area contributed by atoms with Gasteiger partial charge in [0.25, 0.3) is 0 Å². The summed E-state index contributed by atoms with van der Waals surface area (Å²) in [6.45, 7) is 3.05. The second kappa shape index (κ2) is 6.38. The summed E-state index contributed by atoms with van der Waals surface area (Å²) in [6.07, 6.45) is 0.403. The summed E-state index contributed by atoms with van der Waals surface area (Å²) in [5.41, 5.74) is 7.29. The van der Waals surface area contributed by atoms with Crippen molar-refractivity contribution in [3.05, 3.63) is 23.8 Å². The number of hydrogen-bond donors (Lipinski definition) is 3. The van der Waals surface area contributed by atoms with Gasteiger partial charge in [0, 0.05) is 30.9 Å². The monoisotopic (exact) mass is 232 g/mol. The number of carbonyl (C=O) groups excluding carboxylic acids is 1. The van der Waals surface area contributed by atoms with Crippen molar-refractivity contribution in [2.24, 2.45) is 0 Å². The van der Waals surface area contributed by atoms with Gasteiger partial charge in [-0.15, -0.1) is 0 Å². The zero-order chi connectivity index (χ0) is 12.7. The lowest BCUT2D eigenvalue weighted by atomic mass is 10.2. The Labute approximate surface area is 101 Å². The summed E-state index contributed by atoms with van der Waals surface area (Å²) in [5, 5.41) is 14.6. The number of carbonyl (C=O) groups is 1. The molecule has 1 aromatic rings. The fourth-order valence-electron chi connectivity index (χ4n) is 1.37. The first-order chi connectivity index (χ1) is 8.17. The van der Waals surface area contributed by atoms with Crippen LogP contribution in [0, 0.1) is 11.3 Å². The third-order valence-corrected chi connectivity index (χ3v) is 2.23. The number of rotatable bonds is 5. The first-order valence-electron chi connectivity index (χ1n) is 5.47. The molecule has 0 heterocycles. The van der Waals surface area contributed by atoms with Gasteiger partial charge in [0.05, 0.1) is 5.56 Å². The molecule has 0 saturated carbocycles. The molecule has 0 spiro atoms. The number of nitrogens with one attached hydrogen (secondary N) is 2. The van der Waals surface area contributed by atoms with E-state index in [9.17, 15) is 4.79 Å². The van der Waals surface area contributed by atoms with Crippen molar-refractivity contribution in [2.75, 3.05) is 24.1 Å². The van der Waals surface area contributed by atoms with E-state index in [0.29, 0.717) is 30.8 Å². The fourth-order valence-corrected chi connectivity index (χ4v) is 1.37. The highest BCUT2D eigenvalue weighted by molar-refractivity contribution is 5.76. The van der Waals surface area contributed by atoms with Crippen LogP contribution in [0.4, 0.5) is 11.4 Å². The molecule has 0 saturated heterocycles. The van der Waals surface area contributed by atoms with Gasteiger partial charge in [0.2, 0.25) is 5.91 Å². The van der Waals surface area contributed by atoms with Gasteiger partial charge in [0.15, 0.2) is 0 Å². The van der Waals surface area contributed by atoms with Crippen molar-refractivity contribution in [3.63, 3.8) is 0 Å². The fraction of sp³-hybridized carbons (Fsp3) is 0.333. The van der Waals surface area contributed by atoms with Crippen LogP contribution in [0.25, 0.3) is 0 Å². The summed E-state index contributed by atoms with van der Waals surface area (Å²) in [5.74, 6) is 0.0101. The molecule has 0 aliphatic carbocycles. The lowest BCUT2D eigenvalue weighted by molar-refractivity contribution is -0.120. The second-order valence-electron chi connectivity index (χ2n) is 3.54. The van der Waals surface area contributed by atoms with E-state index in [1.165, 1.54) is 0 Å². The van der Waals surface area contributed by atoms with Crippen molar-refractivity contribution in [2.45, 2.75) is 13.3 Å². The molecule has 0 aromatic heterocycles. The SMILES string of the molecule is CCNC(=O)CCNc1ccc(N)c(C#N)c1. The molecule has 5 nitrogen and oxygen atoms in total. The Balaban J connectivity index is 2.48. The summed E-state index contributed by atoms with van der Waals surface area (Å²) in [7, 11) is 0. The molecule has 1 aromatic carbocycles. The van der Waals surface area contributed by atoms with E-state index in [1.54, 1.807) is 18.2 Å². The lowest BCUT2D eigenvalue weighted by Crippen LogP contribution is -2.24.